The van der Waals surface area contributed by atoms with Crippen LogP contribution < -0.4 is 5.73 Å². The van der Waals surface area contributed by atoms with Crippen LogP contribution in [-0.2, 0) is 4.74 Å². The third kappa shape index (κ3) is 7.02. The molecule has 1 aliphatic heterocycles. The molecule has 0 aromatic rings. The molecule has 0 saturated carbocycles. The fourth-order valence-electron chi connectivity index (χ4n) is 2.35. The fourth-order valence-corrected chi connectivity index (χ4v) is 2.35. The van der Waals surface area contributed by atoms with E-state index in [1.165, 1.54) is 38.8 Å². The van der Waals surface area contributed by atoms with Gasteiger partial charge in [0.05, 0.1) is 6.61 Å². The predicted molar refractivity (Wildman–Crippen MR) is 73.1 cm³/mol. The van der Waals surface area contributed by atoms with Crippen LogP contribution in [-0.4, -0.2) is 44.3 Å². The molecule has 3 heteroatoms. The van der Waals surface area contributed by atoms with Gasteiger partial charge in [-0.25, -0.2) is 0 Å². The summed E-state index contributed by atoms with van der Waals surface area (Å²) in [5, 5.41) is 0. The quantitative estimate of drug-likeness (QED) is 0.663. The van der Waals surface area contributed by atoms with Crippen LogP contribution in [0.5, 0.6) is 0 Å². The molecule has 0 unspecified atom stereocenters. The highest BCUT2D eigenvalue weighted by Gasteiger charge is 2.17. The molecular formula is C14H30N2O. The zero-order chi connectivity index (χ0) is 12.5. The van der Waals surface area contributed by atoms with Gasteiger partial charge in [-0.15, -0.1) is 0 Å². The molecule has 2 N–H and O–H groups in total. The summed E-state index contributed by atoms with van der Waals surface area (Å²) in [6.45, 7) is 10.7. The zero-order valence-electron chi connectivity index (χ0n) is 11.7. The first-order valence-electron chi connectivity index (χ1n) is 7.22. The zero-order valence-corrected chi connectivity index (χ0v) is 11.7. The summed E-state index contributed by atoms with van der Waals surface area (Å²) in [5.74, 6) is 1.63. The maximum atomic E-state index is 5.66. The Kier molecular flexibility index (Phi) is 7.82. The lowest BCUT2D eigenvalue weighted by Crippen LogP contribution is -2.36. The summed E-state index contributed by atoms with van der Waals surface area (Å²) >= 11 is 0. The van der Waals surface area contributed by atoms with Gasteiger partial charge in [0.2, 0.25) is 0 Å². The second-order valence-corrected chi connectivity index (χ2v) is 5.66. The van der Waals surface area contributed by atoms with Crippen molar-refractivity contribution in [2.45, 2.75) is 39.5 Å². The molecule has 0 spiro atoms. The standard InChI is InChI=1S/C14H30N2O/c1-13(2)6-11-17-12-10-16-8-4-14(3-7-15)5-9-16/h13-14H,3-12,15H2,1-2H3. The third-order valence-electron chi connectivity index (χ3n) is 3.67. The number of nitrogens with zero attached hydrogens (tertiary/aromatic N) is 1. The Balaban J connectivity index is 1.95. The van der Waals surface area contributed by atoms with Crippen LogP contribution >= 0.6 is 0 Å². The molecule has 1 aliphatic rings. The first-order chi connectivity index (χ1) is 8.22. The molecule has 1 saturated heterocycles. The number of hydrogen-bond acceptors (Lipinski definition) is 3. The molecule has 1 heterocycles. The van der Waals surface area contributed by atoms with Crippen molar-refractivity contribution in [3.8, 4) is 0 Å². The lowest BCUT2D eigenvalue weighted by atomic mass is 9.94. The lowest BCUT2D eigenvalue weighted by Gasteiger charge is -2.31. The van der Waals surface area contributed by atoms with Gasteiger partial charge in [-0.2, -0.15) is 0 Å². The molecule has 0 bridgehead atoms. The molecule has 0 aromatic heterocycles. The number of hydrogen-bond donors (Lipinski definition) is 1. The first kappa shape index (κ1) is 14.9. The van der Waals surface area contributed by atoms with Crippen LogP contribution in [0.3, 0.4) is 0 Å². The minimum absolute atomic E-state index is 0.752. The van der Waals surface area contributed by atoms with E-state index in [2.05, 4.69) is 18.7 Å². The van der Waals surface area contributed by atoms with Crippen molar-refractivity contribution < 1.29 is 4.74 Å². The van der Waals surface area contributed by atoms with E-state index in [4.69, 9.17) is 10.5 Å². The summed E-state index contributed by atoms with van der Waals surface area (Å²) in [4.78, 5) is 2.53. The van der Waals surface area contributed by atoms with Gasteiger partial charge in [-0.1, -0.05) is 13.8 Å². The fraction of sp³-hybridized carbons (Fsp3) is 1.00. The van der Waals surface area contributed by atoms with Crippen LogP contribution in [0.4, 0.5) is 0 Å². The number of nitrogens with two attached hydrogens (primary N) is 1. The van der Waals surface area contributed by atoms with Crippen LogP contribution in [0.25, 0.3) is 0 Å². The molecule has 102 valence electrons. The molecule has 0 amide bonds. The highest BCUT2D eigenvalue weighted by atomic mass is 16.5. The van der Waals surface area contributed by atoms with Crippen LogP contribution in [0.15, 0.2) is 0 Å². The summed E-state index contributed by atoms with van der Waals surface area (Å²) in [7, 11) is 0. The van der Waals surface area contributed by atoms with Gasteiger partial charge in [-0.3, -0.25) is 0 Å². The highest BCUT2D eigenvalue weighted by molar-refractivity contribution is 4.72. The Morgan fingerprint density at radius 3 is 2.53 bits per heavy atom. The van der Waals surface area contributed by atoms with E-state index in [1.807, 2.05) is 0 Å². The smallest absolute Gasteiger partial charge is 0.0593 e. The Hall–Kier alpha value is -0.120. The largest absolute Gasteiger partial charge is 0.380 e. The van der Waals surface area contributed by atoms with Gasteiger partial charge in [0.1, 0.15) is 0 Å². The Bertz CT molecular complexity index is 177. The molecule has 1 rings (SSSR count). The Labute approximate surface area is 107 Å². The second-order valence-electron chi connectivity index (χ2n) is 5.66. The van der Waals surface area contributed by atoms with Gasteiger partial charge in [0.15, 0.2) is 0 Å². The van der Waals surface area contributed by atoms with Gasteiger partial charge >= 0.3 is 0 Å². The van der Waals surface area contributed by atoms with Crippen LogP contribution in [0, 0.1) is 11.8 Å². The highest BCUT2D eigenvalue weighted by Crippen LogP contribution is 2.19. The molecule has 1 fully saturated rings. The Morgan fingerprint density at radius 1 is 1.24 bits per heavy atom. The van der Waals surface area contributed by atoms with E-state index in [9.17, 15) is 0 Å². The lowest BCUT2D eigenvalue weighted by molar-refractivity contribution is 0.0821. The molecule has 17 heavy (non-hydrogen) atoms. The topological polar surface area (TPSA) is 38.5 Å². The van der Waals surface area contributed by atoms with E-state index >= 15 is 0 Å². The van der Waals surface area contributed by atoms with Gasteiger partial charge < -0.3 is 15.4 Å². The van der Waals surface area contributed by atoms with E-state index in [0.29, 0.717) is 0 Å². The first-order valence-corrected chi connectivity index (χ1v) is 7.22. The molecular weight excluding hydrogens is 212 g/mol. The molecule has 0 aliphatic carbocycles. The normalized spacial score (nSPS) is 19.1. The number of ether oxygens (including phenoxy) is 1. The third-order valence-corrected chi connectivity index (χ3v) is 3.67. The van der Waals surface area contributed by atoms with E-state index in [1.54, 1.807) is 0 Å². The average Bonchev–Trinajstić information content (AvgIpc) is 2.31. The minimum Gasteiger partial charge on any atom is -0.380 e. The van der Waals surface area contributed by atoms with Gasteiger partial charge in [0, 0.05) is 13.2 Å². The van der Waals surface area contributed by atoms with E-state index < -0.39 is 0 Å². The van der Waals surface area contributed by atoms with Crippen molar-refractivity contribution in [3.05, 3.63) is 0 Å². The number of piperidine rings is 1. The summed E-state index contributed by atoms with van der Waals surface area (Å²) in [5.41, 5.74) is 5.60. The molecule has 3 nitrogen and oxygen atoms in total. The Morgan fingerprint density at radius 2 is 1.94 bits per heavy atom. The molecule has 0 radical (unpaired) electrons. The van der Waals surface area contributed by atoms with Crippen molar-refractivity contribution in [2.24, 2.45) is 17.6 Å². The number of rotatable bonds is 8. The summed E-state index contributed by atoms with van der Waals surface area (Å²) < 4.78 is 5.66. The second kappa shape index (κ2) is 8.90. The predicted octanol–water partition coefficient (Wildman–Crippen LogP) is 2.11. The maximum absolute atomic E-state index is 5.66. The monoisotopic (exact) mass is 242 g/mol. The summed E-state index contributed by atoms with van der Waals surface area (Å²) in [6, 6.07) is 0. The van der Waals surface area contributed by atoms with Gasteiger partial charge in [-0.05, 0) is 57.2 Å². The van der Waals surface area contributed by atoms with E-state index in [0.717, 1.165) is 38.1 Å². The van der Waals surface area contributed by atoms with Crippen molar-refractivity contribution in [2.75, 3.05) is 39.4 Å². The average molecular weight is 242 g/mol. The number of likely N-dealkylation sites (tertiary alicyclic amines) is 1. The van der Waals surface area contributed by atoms with Crippen molar-refractivity contribution in [1.29, 1.82) is 0 Å². The molecule has 0 aromatic carbocycles. The van der Waals surface area contributed by atoms with Crippen molar-refractivity contribution in [3.63, 3.8) is 0 Å². The maximum Gasteiger partial charge on any atom is 0.0593 e. The van der Waals surface area contributed by atoms with E-state index in [-0.39, 0.29) is 0 Å². The minimum atomic E-state index is 0.752. The van der Waals surface area contributed by atoms with Gasteiger partial charge in [0.25, 0.3) is 0 Å². The molecule has 0 atom stereocenters. The SMILES string of the molecule is CC(C)CCOCCN1CCC(CCN)CC1. The van der Waals surface area contributed by atoms with Crippen molar-refractivity contribution >= 4 is 0 Å². The van der Waals surface area contributed by atoms with Crippen molar-refractivity contribution in [1.82, 2.24) is 4.90 Å². The van der Waals surface area contributed by atoms with Crippen LogP contribution in [0.2, 0.25) is 0 Å². The summed E-state index contributed by atoms with van der Waals surface area (Å²) in [6.07, 6.45) is 5.03. The van der Waals surface area contributed by atoms with Crippen LogP contribution in [0.1, 0.15) is 39.5 Å².